The number of ether oxygens (including phenoxy) is 2. The summed E-state index contributed by atoms with van der Waals surface area (Å²) in [6.45, 7) is -2.88. The van der Waals surface area contributed by atoms with Crippen LogP contribution in [0.25, 0.3) is 0 Å². The van der Waals surface area contributed by atoms with Crippen molar-refractivity contribution in [3.63, 3.8) is 0 Å². The van der Waals surface area contributed by atoms with Gasteiger partial charge in [0.1, 0.15) is 11.5 Å². The molecule has 0 aromatic heterocycles. The molecule has 3 N–H and O–H groups in total. The molecule has 0 radical (unpaired) electrons. The first-order valence-electron chi connectivity index (χ1n) is 7.13. The van der Waals surface area contributed by atoms with Gasteiger partial charge in [-0.15, -0.1) is 0 Å². The van der Waals surface area contributed by atoms with Crippen molar-refractivity contribution < 1.29 is 23.0 Å². The second kappa shape index (κ2) is 6.91. The Bertz CT molecular complexity index is 532. The van der Waals surface area contributed by atoms with Crippen molar-refractivity contribution >= 4 is 5.91 Å². The summed E-state index contributed by atoms with van der Waals surface area (Å²) in [6, 6.07) is 4.46. The van der Waals surface area contributed by atoms with Crippen molar-refractivity contribution in [3.8, 4) is 11.5 Å². The van der Waals surface area contributed by atoms with E-state index in [1.54, 1.807) is 6.07 Å². The van der Waals surface area contributed by atoms with Gasteiger partial charge in [0.2, 0.25) is 5.91 Å². The van der Waals surface area contributed by atoms with Crippen molar-refractivity contribution in [2.45, 2.75) is 44.4 Å². The van der Waals surface area contributed by atoms with Crippen molar-refractivity contribution in [3.05, 3.63) is 23.8 Å². The average Bonchev–Trinajstić information content (AvgIpc) is 2.93. The lowest BCUT2D eigenvalue weighted by Crippen LogP contribution is -2.51. The molecular weight excluding hydrogens is 294 g/mol. The van der Waals surface area contributed by atoms with E-state index in [0.717, 1.165) is 12.8 Å². The number of rotatable bonds is 6. The quantitative estimate of drug-likeness (QED) is 0.844. The third-order valence-electron chi connectivity index (χ3n) is 3.87. The van der Waals surface area contributed by atoms with Gasteiger partial charge < -0.3 is 20.5 Å². The van der Waals surface area contributed by atoms with Crippen molar-refractivity contribution in [2.75, 3.05) is 7.11 Å². The number of hydrogen-bond acceptors (Lipinski definition) is 4. The molecule has 0 spiro atoms. The van der Waals surface area contributed by atoms with E-state index in [1.165, 1.54) is 19.2 Å². The Labute approximate surface area is 127 Å². The minimum atomic E-state index is -2.93. The molecule has 0 bridgehead atoms. The zero-order chi connectivity index (χ0) is 16.2. The Kier molecular flexibility index (Phi) is 5.18. The van der Waals surface area contributed by atoms with Crippen LogP contribution in [0.3, 0.4) is 0 Å². The molecule has 0 aliphatic heterocycles. The summed E-state index contributed by atoms with van der Waals surface area (Å²) < 4.78 is 34.4. The summed E-state index contributed by atoms with van der Waals surface area (Å²) in [4.78, 5) is 12.2. The molecule has 1 saturated carbocycles. The smallest absolute Gasteiger partial charge is 0.387 e. The van der Waals surface area contributed by atoms with Gasteiger partial charge in [-0.25, -0.2) is 0 Å². The summed E-state index contributed by atoms with van der Waals surface area (Å²) in [7, 11) is 1.47. The molecular formula is C15H20F2N2O3. The van der Waals surface area contributed by atoms with E-state index in [2.05, 4.69) is 10.1 Å². The number of amides is 1. The van der Waals surface area contributed by atoms with Gasteiger partial charge in [0.25, 0.3) is 0 Å². The lowest BCUT2D eigenvalue weighted by Gasteiger charge is -2.22. The molecule has 7 heteroatoms. The highest BCUT2D eigenvalue weighted by Crippen LogP contribution is 2.28. The Balaban J connectivity index is 2.08. The van der Waals surface area contributed by atoms with Crippen LogP contribution in [-0.4, -0.2) is 25.2 Å². The number of halogens is 2. The highest BCUT2D eigenvalue weighted by atomic mass is 19.3. The lowest BCUT2D eigenvalue weighted by atomic mass is 9.98. The zero-order valence-electron chi connectivity index (χ0n) is 12.4. The van der Waals surface area contributed by atoms with Gasteiger partial charge in [-0.3, -0.25) is 4.79 Å². The number of nitrogens with two attached hydrogens (primary N) is 1. The van der Waals surface area contributed by atoms with Crippen molar-refractivity contribution in [1.82, 2.24) is 5.32 Å². The Hall–Kier alpha value is -1.89. The fourth-order valence-corrected chi connectivity index (χ4v) is 2.62. The fraction of sp³-hybridized carbons (Fsp3) is 0.533. The summed E-state index contributed by atoms with van der Waals surface area (Å²) in [5.41, 5.74) is 5.61. The van der Waals surface area contributed by atoms with Crippen LogP contribution in [-0.2, 0) is 11.3 Å². The maximum atomic E-state index is 12.4. The van der Waals surface area contributed by atoms with Gasteiger partial charge in [0.05, 0.1) is 12.6 Å². The van der Waals surface area contributed by atoms with Gasteiger partial charge in [0.15, 0.2) is 0 Å². The Morgan fingerprint density at radius 1 is 1.41 bits per heavy atom. The molecule has 2 rings (SSSR count). The number of hydrogen-bond donors (Lipinski definition) is 2. The Morgan fingerprint density at radius 2 is 2.09 bits per heavy atom. The van der Waals surface area contributed by atoms with Crippen LogP contribution in [0.5, 0.6) is 11.5 Å². The van der Waals surface area contributed by atoms with Crippen LogP contribution in [0.15, 0.2) is 18.2 Å². The predicted octanol–water partition coefficient (Wildman–Crippen LogP) is 2.18. The van der Waals surface area contributed by atoms with E-state index in [1.807, 2.05) is 0 Å². The molecule has 0 atom stereocenters. The van der Waals surface area contributed by atoms with Crippen LogP contribution >= 0.6 is 0 Å². The molecule has 1 amide bonds. The first kappa shape index (κ1) is 16.5. The van der Waals surface area contributed by atoms with E-state index >= 15 is 0 Å². The molecule has 1 fully saturated rings. The number of nitrogens with one attached hydrogen (secondary N) is 1. The van der Waals surface area contributed by atoms with Gasteiger partial charge in [-0.05, 0) is 31.0 Å². The molecule has 5 nitrogen and oxygen atoms in total. The lowest BCUT2D eigenvalue weighted by molar-refractivity contribution is -0.126. The third-order valence-corrected chi connectivity index (χ3v) is 3.87. The molecule has 0 unspecified atom stereocenters. The normalized spacial score (nSPS) is 16.6. The van der Waals surface area contributed by atoms with Crippen LogP contribution in [0, 0.1) is 0 Å². The minimum absolute atomic E-state index is 0.00796. The maximum Gasteiger partial charge on any atom is 0.387 e. The first-order chi connectivity index (χ1) is 10.4. The number of alkyl halides is 2. The molecule has 0 saturated heterocycles. The van der Waals surface area contributed by atoms with Crippen LogP contribution in [0.1, 0.15) is 31.2 Å². The summed E-state index contributed by atoms with van der Waals surface area (Å²) in [6.07, 6.45) is 3.11. The van der Waals surface area contributed by atoms with E-state index in [-0.39, 0.29) is 18.2 Å². The molecule has 1 aliphatic rings. The monoisotopic (exact) mass is 314 g/mol. The maximum absolute atomic E-state index is 12.4. The van der Waals surface area contributed by atoms with E-state index in [4.69, 9.17) is 10.5 Å². The predicted molar refractivity (Wildman–Crippen MR) is 76.9 cm³/mol. The zero-order valence-corrected chi connectivity index (χ0v) is 12.4. The molecule has 1 aromatic rings. The molecule has 22 heavy (non-hydrogen) atoms. The van der Waals surface area contributed by atoms with Crippen LogP contribution in [0.4, 0.5) is 8.78 Å². The van der Waals surface area contributed by atoms with Crippen LogP contribution < -0.4 is 20.5 Å². The number of benzene rings is 1. The third kappa shape index (κ3) is 3.85. The van der Waals surface area contributed by atoms with Crippen molar-refractivity contribution in [1.29, 1.82) is 0 Å². The van der Waals surface area contributed by atoms with E-state index in [9.17, 15) is 13.6 Å². The van der Waals surface area contributed by atoms with Crippen LogP contribution in [0.2, 0.25) is 0 Å². The second-order valence-corrected chi connectivity index (χ2v) is 5.40. The second-order valence-electron chi connectivity index (χ2n) is 5.40. The average molecular weight is 314 g/mol. The van der Waals surface area contributed by atoms with Gasteiger partial charge in [0, 0.05) is 12.1 Å². The largest absolute Gasteiger partial charge is 0.497 e. The number of carbonyl (C=O) groups excluding carboxylic acids is 1. The summed E-state index contributed by atoms with van der Waals surface area (Å²) in [5, 5.41) is 2.70. The minimum Gasteiger partial charge on any atom is -0.497 e. The number of carbonyl (C=O) groups is 1. The Morgan fingerprint density at radius 3 is 2.68 bits per heavy atom. The molecule has 122 valence electrons. The number of methoxy groups -OCH3 is 1. The molecule has 0 heterocycles. The van der Waals surface area contributed by atoms with Gasteiger partial charge >= 0.3 is 6.61 Å². The molecule has 1 aromatic carbocycles. The fourth-order valence-electron chi connectivity index (χ4n) is 2.62. The highest BCUT2D eigenvalue weighted by molar-refractivity contribution is 5.86. The summed E-state index contributed by atoms with van der Waals surface area (Å²) >= 11 is 0. The standard InChI is InChI=1S/C15H20F2N2O3/c1-21-11-4-5-12(22-14(16)17)10(8-11)9-19-13(20)15(18)6-2-3-7-15/h4-5,8,14H,2-3,6-7,9,18H2,1H3,(H,19,20). The van der Waals surface area contributed by atoms with Gasteiger partial charge in [-0.2, -0.15) is 8.78 Å². The van der Waals surface area contributed by atoms with E-state index < -0.39 is 12.2 Å². The highest BCUT2D eigenvalue weighted by Gasteiger charge is 2.36. The topological polar surface area (TPSA) is 73.6 Å². The molecule has 1 aliphatic carbocycles. The summed E-state index contributed by atoms with van der Waals surface area (Å²) in [5.74, 6) is 0.235. The van der Waals surface area contributed by atoms with Gasteiger partial charge in [-0.1, -0.05) is 12.8 Å². The first-order valence-corrected chi connectivity index (χ1v) is 7.13. The van der Waals surface area contributed by atoms with Crippen molar-refractivity contribution in [2.24, 2.45) is 5.73 Å². The van der Waals surface area contributed by atoms with E-state index in [0.29, 0.717) is 24.2 Å². The SMILES string of the molecule is COc1ccc(OC(F)F)c(CNC(=O)C2(N)CCCC2)c1.